The van der Waals surface area contributed by atoms with Crippen molar-refractivity contribution in [2.45, 2.75) is 13.0 Å². The van der Waals surface area contributed by atoms with Crippen LogP contribution in [0, 0.1) is 0 Å². The first-order valence-electron chi connectivity index (χ1n) is 6.65. The highest BCUT2D eigenvalue weighted by atomic mass is 79.9. The van der Waals surface area contributed by atoms with Crippen molar-refractivity contribution in [2.24, 2.45) is 0 Å². The predicted molar refractivity (Wildman–Crippen MR) is 86.3 cm³/mol. The van der Waals surface area contributed by atoms with Crippen LogP contribution in [0.2, 0.25) is 5.02 Å². The summed E-state index contributed by atoms with van der Waals surface area (Å²) in [4.78, 5) is 4.06. The fourth-order valence-corrected chi connectivity index (χ4v) is 2.87. The second-order valence-electron chi connectivity index (χ2n) is 4.66. The van der Waals surface area contributed by atoms with Gasteiger partial charge in [-0.1, -0.05) is 11.6 Å². The average molecular weight is 370 g/mol. The maximum atomic E-state index is 6.10. The van der Waals surface area contributed by atoms with Crippen LogP contribution in [0.15, 0.2) is 35.1 Å². The average Bonchev–Trinajstić information content (AvgIpc) is 2.72. The summed E-state index contributed by atoms with van der Waals surface area (Å²) in [6.45, 7) is 1.97. The van der Waals surface area contributed by atoms with E-state index in [-0.39, 0.29) is 0 Å². The van der Waals surface area contributed by atoms with Crippen LogP contribution in [0.4, 0.5) is 5.69 Å². The van der Waals surface area contributed by atoms with Crippen molar-refractivity contribution < 1.29 is 9.47 Å². The van der Waals surface area contributed by atoms with E-state index in [9.17, 15) is 0 Å². The Labute approximate surface area is 136 Å². The van der Waals surface area contributed by atoms with Gasteiger partial charge in [-0.25, -0.2) is 0 Å². The number of nitrogens with zero attached hydrogens (tertiary/aromatic N) is 1. The Morgan fingerprint density at radius 1 is 1.29 bits per heavy atom. The van der Waals surface area contributed by atoms with Gasteiger partial charge < -0.3 is 14.8 Å². The minimum atomic E-state index is 0.626. The van der Waals surface area contributed by atoms with E-state index in [1.165, 1.54) is 0 Å². The van der Waals surface area contributed by atoms with E-state index >= 15 is 0 Å². The molecular weight excluding hydrogens is 356 g/mol. The van der Waals surface area contributed by atoms with Gasteiger partial charge in [0.15, 0.2) is 11.5 Å². The number of pyridine rings is 1. The number of aromatic nitrogens is 1. The molecule has 0 bridgehead atoms. The summed E-state index contributed by atoms with van der Waals surface area (Å²) >= 11 is 9.64. The van der Waals surface area contributed by atoms with Crippen LogP contribution in [-0.2, 0) is 6.54 Å². The van der Waals surface area contributed by atoms with Gasteiger partial charge in [0.05, 0.1) is 34.6 Å². The molecule has 1 aromatic carbocycles. The van der Waals surface area contributed by atoms with E-state index < -0.39 is 0 Å². The van der Waals surface area contributed by atoms with Crippen molar-refractivity contribution in [1.29, 1.82) is 0 Å². The molecule has 1 aromatic heterocycles. The lowest BCUT2D eigenvalue weighted by atomic mass is 10.2. The van der Waals surface area contributed by atoms with Gasteiger partial charge in [0.2, 0.25) is 0 Å². The Balaban J connectivity index is 1.79. The SMILES string of the molecule is Clc1ccncc1NCc1cc(Br)c2c(c1)OCCCO2. The second kappa shape index (κ2) is 6.54. The van der Waals surface area contributed by atoms with Crippen LogP contribution in [0.5, 0.6) is 11.5 Å². The van der Waals surface area contributed by atoms with Crippen molar-refractivity contribution in [2.75, 3.05) is 18.5 Å². The fraction of sp³-hybridized carbons (Fsp3) is 0.267. The standard InChI is InChI=1S/C15H14BrClN2O2/c16-11-6-10(7-14-15(11)21-5-1-4-20-14)8-19-13-9-18-3-2-12(13)17/h2-3,6-7,9,19H,1,4-5,8H2. The van der Waals surface area contributed by atoms with E-state index in [2.05, 4.69) is 26.2 Å². The maximum absolute atomic E-state index is 6.10. The van der Waals surface area contributed by atoms with Crippen molar-refractivity contribution in [1.82, 2.24) is 4.98 Å². The fourth-order valence-electron chi connectivity index (χ4n) is 2.09. The van der Waals surface area contributed by atoms with Gasteiger partial charge in [-0.05, 0) is 39.7 Å². The Morgan fingerprint density at radius 3 is 3.00 bits per heavy atom. The summed E-state index contributed by atoms with van der Waals surface area (Å²) in [5.74, 6) is 1.55. The van der Waals surface area contributed by atoms with Gasteiger partial charge in [0, 0.05) is 19.2 Å². The first kappa shape index (κ1) is 14.5. The van der Waals surface area contributed by atoms with Crippen molar-refractivity contribution in [3.8, 4) is 11.5 Å². The zero-order valence-electron chi connectivity index (χ0n) is 11.2. The number of rotatable bonds is 3. The van der Waals surface area contributed by atoms with Crippen LogP contribution in [0.25, 0.3) is 0 Å². The van der Waals surface area contributed by atoms with Gasteiger partial charge in [-0.15, -0.1) is 0 Å². The van der Waals surface area contributed by atoms with Crippen LogP contribution in [-0.4, -0.2) is 18.2 Å². The summed E-state index contributed by atoms with van der Waals surface area (Å²) in [5.41, 5.74) is 1.88. The third-order valence-electron chi connectivity index (χ3n) is 3.11. The van der Waals surface area contributed by atoms with Gasteiger partial charge in [-0.3, -0.25) is 4.98 Å². The number of hydrogen-bond donors (Lipinski definition) is 1. The third-order valence-corrected chi connectivity index (χ3v) is 4.03. The monoisotopic (exact) mass is 368 g/mol. The van der Waals surface area contributed by atoms with Crippen molar-refractivity contribution >= 4 is 33.2 Å². The zero-order valence-corrected chi connectivity index (χ0v) is 13.6. The molecule has 110 valence electrons. The second-order valence-corrected chi connectivity index (χ2v) is 5.93. The first-order chi connectivity index (χ1) is 10.2. The molecule has 1 aliphatic rings. The summed E-state index contributed by atoms with van der Waals surface area (Å²) in [5, 5.41) is 3.92. The molecule has 1 N–H and O–H groups in total. The molecule has 2 aromatic rings. The predicted octanol–water partition coefficient (Wildman–Crippen LogP) is 4.27. The molecule has 2 heterocycles. The summed E-state index contributed by atoms with van der Waals surface area (Å²) < 4.78 is 12.3. The minimum absolute atomic E-state index is 0.626. The zero-order chi connectivity index (χ0) is 14.7. The summed E-state index contributed by atoms with van der Waals surface area (Å²) in [6.07, 6.45) is 4.26. The number of fused-ring (bicyclic) bond motifs is 1. The minimum Gasteiger partial charge on any atom is -0.490 e. The molecule has 21 heavy (non-hydrogen) atoms. The number of nitrogens with one attached hydrogen (secondary N) is 1. The highest BCUT2D eigenvalue weighted by Gasteiger charge is 2.15. The number of halogens is 2. The molecule has 0 fully saturated rings. The lowest BCUT2D eigenvalue weighted by molar-refractivity contribution is 0.296. The highest BCUT2D eigenvalue weighted by molar-refractivity contribution is 9.10. The van der Waals surface area contributed by atoms with E-state index in [1.807, 2.05) is 12.1 Å². The topological polar surface area (TPSA) is 43.4 Å². The van der Waals surface area contributed by atoms with Gasteiger partial charge >= 0.3 is 0 Å². The molecule has 0 spiro atoms. The van der Waals surface area contributed by atoms with Crippen LogP contribution in [0.1, 0.15) is 12.0 Å². The maximum Gasteiger partial charge on any atom is 0.175 e. The molecule has 3 rings (SSSR count). The molecule has 4 nitrogen and oxygen atoms in total. The molecule has 0 saturated heterocycles. The van der Waals surface area contributed by atoms with Gasteiger partial charge in [0.1, 0.15) is 0 Å². The van der Waals surface area contributed by atoms with Crippen LogP contribution >= 0.6 is 27.5 Å². The number of anilines is 1. The van der Waals surface area contributed by atoms with E-state index in [0.29, 0.717) is 24.8 Å². The van der Waals surface area contributed by atoms with Crippen LogP contribution < -0.4 is 14.8 Å². The molecule has 0 saturated carbocycles. The molecule has 0 radical (unpaired) electrons. The Bertz CT molecular complexity index is 652. The number of benzene rings is 1. The Morgan fingerprint density at radius 2 is 2.14 bits per heavy atom. The summed E-state index contributed by atoms with van der Waals surface area (Å²) in [7, 11) is 0. The van der Waals surface area contributed by atoms with E-state index in [1.54, 1.807) is 18.5 Å². The smallest absolute Gasteiger partial charge is 0.175 e. The molecule has 1 aliphatic heterocycles. The van der Waals surface area contributed by atoms with Crippen molar-refractivity contribution in [3.05, 3.63) is 45.7 Å². The highest BCUT2D eigenvalue weighted by Crippen LogP contribution is 2.38. The normalized spacial score (nSPS) is 13.6. The molecule has 6 heteroatoms. The van der Waals surface area contributed by atoms with Crippen molar-refractivity contribution in [3.63, 3.8) is 0 Å². The van der Waals surface area contributed by atoms with Gasteiger partial charge in [-0.2, -0.15) is 0 Å². The Kier molecular flexibility index (Phi) is 4.51. The molecule has 0 amide bonds. The van der Waals surface area contributed by atoms with Gasteiger partial charge in [0.25, 0.3) is 0 Å². The van der Waals surface area contributed by atoms with Crippen LogP contribution in [0.3, 0.4) is 0 Å². The largest absolute Gasteiger partial charge is 0.490 e. The van der Waals surface area contributed by atoms with E-state index in [0.717, 1.165) is 33.6 Å². The lowest BCUT2D eigenvalue weighted by Gasteiger charge is -2.13. The third kappa shape index (κ3) is 3.41. The van der Waals surface area contributed by atoms with E-state index in [4.69, 9.17) is 21.1 Å². The summed E-state index contributed by atoms with van der Waals surface area (Å²) in [6, 6.07) is 5.77. The lowest BCUT2D eigenvalue weighted by Crippen LogP contribution is -2.02. The molecule has 0 atom stereocenters. The molecular formula is C15H14BrClN2O2. The Hall–Kier alpha value is -1.46. The molecule has 0 aliphatic carbocycles. The number of hydrogen-bond acceptors (Lipinski definition) is 4. The number of ether oxygens (including phenoxy) is 2. The first-order valence-corrected chi connectivity index (χ1v) is 7.82. The quantitative estimate of drug-likeness (QED) is 0.877. The molecule has 0 unspecified atom stereocenters.